The standard InChI is InChI=1S/C17H28O3S/c18-17(10-9-13-5-2-1-3-6-13)14-11-15-7-4-8-16(12-14)21(15,19)20/h13-16H,1-12H2. The fourth-order valence-electron chi connectivity index (χ4n) is 4.70. The smallest absolute Gasteiger partial charge is 0.156 e. The number of Topliss-reactive ketones (excluding diaryl/α,β-unsaturated/α-hetero) is 1. The van der Waals surface area contributed by atoms with Gasteiger partial charge in [0.2, 0.25) is 0 Å². The number of hydrogen-bond donors (Lipinski definition) is 0. The van der Waals surface area contributed by atoms with Crippen LogP contribution in [0.4, 0.5) is 0 Å². The number of carbonyl (C=O) groups is 1. The summed E-state index contributed by atoms with van der Waals surface area (Å²) in [4.78, 5) is 12.5. The Kier molecular flexibility index (Phi) is 4.72. The zero-order valence-electron chi connectivity index (χ0n) is 12.9. The van der Waals surface area contributed by atoms with Crippen molar-refractivity contribution in [1.29, 1.82) is 0 Å². The summed E-state index contributed by atoms with van der Waals surface area (Å²) in [5.41, 5.74) is 0. The molecule has 2 saturated heterocycles. The SMILES string of the molecule is O=C(CCC1CCCCC1)C1CC2CCCC(C1)S2(=O)=O. The minimum atomic E-state index is -2.92. The largest absolute Gasteiger partial charge is 0.299 e. The molecule has 3 nitrogen and oxygen atoms in total. The second-order valence-electron chi connectivity index (χ2n) is 7.44. The summed E-state index contributed by atoms with van der Waals surface area (Å²) in [5, 5.41) is -0.428. The monoisotopic (exact) mass is 312 g/mol. The van der Waals surface area contributed by atoms with Gasteiger partial charge in [-0.2, -0.15) is 0 Å². The first-order valence-corrected chi connectivity index (χ1v) is 10.4. The van der Waals surface area contributed by atoms with Crippen LogP contribution in [0.3, 0.4) is 0 Å². The van der Waals surface area contributed by atoms with Crippen LogP contribution in [0.1, 0.15) is 77.0 Å². The topological polar surface area (TPSA) is 51.2 Å². The lowest BCUT2D eigenvalue weighted by Gasteiger charge is -2.38. The van der Waals surface area contributed by atoms with Crippen molar-refractivity contribution in [2.75, 3.05) is 0 Å². The van der Waals surface area contributed by atoms with E-state index in [4.69, 9.17) is 0 Å². The average Bonchev–Trinajstić information content (AvgIpc) is 2.44. The zero-order valence-corrected chi connectivity index (χ0v) is 13.7. The lowest BCUT2D eigenvalue weighted by Crippen LogP contribution is -2.45. The van der Waals surface area contributed by atoms with E-state index >= 15 is 0 Å². The van der Waals surface area contributed by atoms with Crippen molar-refractivity contribution >= 4 is 15.6 Å². The number of sulfone groups is 1. The molecule has 0 aromatic carbocycles. The van der Waals surface area contributed by atoms with Crippen molar-refractivity contribution in [3.8, 4) is 0 Å². The molecule has 0 amide bonds. The number of fused-ring (bicyclic) bond motifs is 2. The predicted molar refractivity (Wildman–Crippen MR) is 83.9 cm³/mol. The molecule has 4 heteroatoms. The van der Waals surface area contributed by atoms with Crippen LogP contribution in [0, 0.1) is 11.8 Å². The Morgan fingerprint density at radius 3 is 2.10 bits per heavy atom. The van der Waals surface area contributed by atoms with Crippen molar-refractivity contribution < 1.29 is 13.2 Å². The Labute approximate surface area is 128 Å². The maximum absolute atomic E-state index is 12.5. The maximum atomic E-state index is 12.5. The second-order valence-corrected chi connectivity index (χ2v) is 9.95. The Balaban J connectivity index is 1.54. The summed E-state index contributed by atoms with van der Waals surface area (Å²) in [6.45, 7) is 0. The molecule has 3 rings (SSSR count). The van der Waals surface area contributed by atoms with Crippen molar-refractivity contribution in [1.82, 2.24) is 0 Å². The number of rotatable bonds is 4. The van der Waals surface area contributed by atoms with E-state index in [-0.39, 0.29) is 16.4 Å². The summed E-state index contributed by atoms with van der Waals surface area (Å²) in [5.74, 6) is 1.13. The van der Waals surface area contributed by atoms with E-state index in [1.165, 1.54) is 32.1 Å². The summed E-state index contributed by atoms with van der Waals surface area (Å²) in [6, 6.07) is 0. The molecule has 3 aliphatic rings. The highest BCUT2D eigenvalue weighted by atomic mass is 32.2. The van der Waals surface area contributed by atoms with Gasteiger partial charge in [0.05, 0.1) is 10.5 Å². The lowest BCUT2D eigenvalue weighted by molar-refractivity contribution is -0.123. The van der Waals surface area contributed by atoms with Crippen LogP contribution in [0.15, 0.2) is 0 Å². The quantitative estimate of drug-likeness (QED) is 0.796. The van der Waals surface area contributed by atoms with Gasteiger partial charge in [0.1, 0.15) is 5.78 Å². The predicted octanol–water partition coefficient (Wildman–Crippen LogP) is 3.66. The van der Waals surface area contributed by atoms with Crippen molar-refractivity contribution in [2.24, 2.45) is 11.8 Å². The molecule has 0 spiro atoms. The van der Waals surface area contributed by atoms with Crippen molar-refractivity contribution in [3.05, 3.63) is 0 Å². The summed E-state index contributed by atoms with van der Waals surface area (Å²) >= 11 is 0. The zero-order chi connectivity index (χ0) is 14.9. The highest BCUT2D eigenvalue weighted by Crippen LogP contribution is 2.40. The summed E-state index contributed by atoms with van der Waals surface area (Å²) < 4.78 is 24.5. The van der Waals surface area contributed by atoms with Crippen LogP contribution in [0.2, 0.25) is 0 Å². The first-order chi connectivity index (χ1) is 10.1. The first kappa shape index (κ1) is 15.5. The maximum Gasteiger partial charge on any atom is 0.156 e. The van der Waals surface area contributed by atoms with Gasteiger partial charge in [0, 0.05) is 12.3 Å². The molecule has 0 N–H and O–H groups in total. The summed E-state index contributed by atoms with van der Waals surface area (Å²) in [7, 11) is -2.92. The van der Waals surface area contributed by atoms with E-state index in [0.29, 0.717) is 25.0 Å². The van der Waals surface area contributed by atoms with E-state index in [1.807, 2.05) is 0 Å². The minimum absolute atomic E-state index is 0.0346. The van der Waals surface area contributed by atoms with E-state index in [9.17, 15) is 13.2 Å². The minimum Gasteiger partial charge on any atom is -0.299 e. The molecule has 3 fully saturated rings. The third-order valence-corrected chi connectivity index (χ3v) is 8.77. The Morgan fingerprint density at radius 1 is 0.857 bits per heavy atom. The molecule has 1 aliphatic carbocycles. The van der Waals surface area contributed by atoms with Gasteiger partial charge in [-0.25, -0.2) is 8.42 Å². The van der Waals surface area contributed by atoms with Gasteiger partial charge in [-0.3, -0.25) is 4.79 Å². The van der Waals surface area contributed by atoms with Gasteiger partial charge < -0.3 is 0 Å². The molecule has 2 bridgehead atoms. The fraction of sp³-hybridized carbons (Fsp3) is 0.941. The lowest BCUT2D eigenvalue weighted by atomic mass is 9.81. The van der Waals surface area contributed by atoms with E-state index in [0.717, 1.165) is 31.6 Å². The van der Waals surface area contributed by atoms with Gasteiger partial charge in [0.25, 0.3) is 0 Å². The van der Waals surface area contributed by atoms with Crippen molar-refractivity contribution in [2.45, 2.75) is 87.5 Å². The van der Waals surface area contributed by atoms with Gasteiger partial charge in [0.15, 0.2) is 9.84 Å². The molecule has 0 aromatic heterocycles. The first-order valence-electron chi connectivity index (χ1n) is 8.83. The molecule has 0 aromatic rings. The Hall–Kier alpha value is -0.380. The molecular weight excluding hydrogens is 284 g/mol. The van der Waals surface area contributed by atoms with Gasteiger partial charge in [-0.1, -0.05) is 38.5 Å². The van der Waals surface area contributed by atoms with Crippen LogP contribution >= 0.6 is 0 Å². The highest BCUT2D eigenvalue weighted by Gasteiger charge is 2.45. The number of hydrogen-bond acceptors (Lipinski definition) is 3. The Bertz CT molecular complexity index is 456. The fourth-order valence-corrected chi connectivity index (χ4v) is 7.23. The molecule has 120 valence electrons. The molecule has 2 heterocycles. The van der Waals surface area contributed by atoms with Crippen LogP contribution in [-0.2, 0) is 14.6 Å². The molecule has 1 saturated carbocycles. The van der Waals surface area contributed by atoms with E-state index in [1.54, 1.807) is 0 Å². The summed E-state index contributed by atoms with van der Waals surface area (Å²) in [6.07, 6.45) is 12.1. The van der Waals surface area contributed by atoms with E-state index < -0.39 is 9.84 Å². The molecule has 2 unspecified atom stereocenters. The molecular formula is C17H28O3S. The molecule has 2 atom stereocenters. The second kappa shape index (κ2) is 6.39. The molecule has 2 aliphatic heterocycles. The van der Waals surface area contributed by atoms with Crippen LogP contribution in [0.5, 0.6) is 0 Å². The van der Waals surface area contributed by atoms with Crippen molar-refractivity contribution in [3.63, 3.8) is 0 Å². The van der Waals surface area contributed by atoms with Crippen LogP contribution < -0.4 is 0 Å². The van der Waals surface area contributed by atoms with Gasteiger partial charge in [-0.05, 0) is 38.0 Å². The number of carbonyl (C=O) groups excluding carboxylic acids is 1. The number of ketones is 1. The average molecular weight is 312 g/mol. The molecule has 0 radical (unpaired) electrons. The van der Waals surface area contributed by atoms with Crippen LogP contribution in [-0.4, -0.2) is 24.7 Å². The molecule has 21 heavy (non-hydrogen) atoms. The van der Waals surface area contributed by atoms with Gasteiger partial charge >= 0.3 is 0 Å². The third-order valence-electron chi connectivity index (χ3n) is 6.06. The highest BCUT2D eigenvalue weighted by molar-refractivity contribution is 7.92. The van der Waals surface area contributed by atoms with Crippen LogP contribution in [0.25, 0.3) is 0 Å². The Morgan fingerprint density at radius 2 is 1.48 bits per heavy atom. The third kappa shape index (κ3) is 3.35. The van der Waals surface area contributed by atoms with Gasteiger partial charge in [-0.15, -0.1) is 0 Å². The van der Waals surface area contributed by atoms with E-state index in [2.05, 4.69) is 0 Å². The normalized spacial score (nSPS) is 36.3.